The van der Waals surface area contributed by atoms with Crippen molar-refractivity contribution in [2.24, 2.45) is 0 Å². The maximum absolute atomic E-state index is 13.6. The minimum atomic E-state index is -0.508. The second-order valence-corrected chi connectivity index (χ2v) is 9.26. The highest BCUT2D eigenvalue weighted by Gasteiger charge is 2.40. The molecular weight excluding hydrogens is 495 g/mol. The molecule has 1 heterocycles. The Morgan fingerprint density at radius 2 is 1.62 bits per heavy atom. The fourth-order valence-corrected chi connectivity index (χ4v) is 4.56. The van der Waals surface area contributed by atoms with Gasteiger partial charge in [-0.1, -0.05) is 41.0 Å². The molecule has 0 spiro atoms. The molecule has 1 aliphatic heterocycles. The first kappa shape index (κ1) is 24.0. The third-order valence-corrected chi connectivity index (χ3v) is 6.90. The number of carbonyl (C=O) groups excluding carboxylic acids is 2. The zero-order valence-corrected chi connectivity index (χ0v) is 20.8. The quantitative estimate of drug-likeness (QED) is 0.372. The molecule has 1 N–H and O–H groups in total. The number of thioether (sulfide) groups is 1. The largest absolute Gasteiger partial charge is 0.497 e. The van der Waals surface area contributed by atoms with Gasteiger partial charge >= 0.3 is 0 Å². The van der Waals surface area contributed by atoms with E-state index in [1.54, 1.807) is 67.8 Å². The molecule has 0 unspecified atom stereocenters. The summed E-state index contributed by atoms with van der Waals surface area (Å²) in [7, 11) is 3.06. The number of halogens is 2. The van der Waals surface area contributed by atoms with E-state index < -0.39 is 11.8 Å². The summed E-state index contributed by atoms with van der Waals surface area (Å²) in [5, 5.41) is 4.14. The lowest BCUT2D eigenvalue weighted by atomic mass is 10.2. The smallest absolute Gasteiger partial charge is 0.283 e. The highest BCUT2D eigenvalue weighted by Crippen LogP contribution is 2.40. The SMILES string of the molecule is COc1ccc(OC)c(NC2=C(Sc3ccc(Cl)cc3)C(=O)N(c3ccc(C)c(Cl)c3)C2=O)c1. The van der Waals surface area contributed by atoms with Gasteiger partial charge in [-0.3, -0.25) is 9.59 Å². The van der Waals surface area contributed by atoms with Gasteiger partial charge in [0, 0.05) is 21.0 Å². The standard InChI is InChI=1S/C25H20Cl2N2O4S/c1-14-4-7-16(12-19(14)27)29-24(30)22(28-20-13-17(32-2)8-11-21(20)33-3)23(25(29)31)34-18-9-5-15(26)6-10-18/h4-13,28H,1-3H3. The molecule has 6 nitrogen and oxygen atoms in total. The fourth-order valence-electron chi connectivity index (χ4n) is 3.34. The van der Waals surface area contributed by atoms with Gasteiger partial charge in [0.15, 0.2) is 0 Å². The van der Waals surface area contributed by atoms with Gasteiger partial charge < -0.3 is 14.8 Å². The molecule has 174 valence electrons. The summed E-state index contributed by atoms with van der Waals surface area (Å²) < 4.78 is 10.7. The number of nitrogens with zero attached hydrogens (tertiary/aromatic N) is 1. The number of amides is 2. The highest BCUT2D eigenvalue weighted by atomic mass is 35.5. The number of anilines is 2. The van der Waals surface area contributed by atoms with E-state index in [9.17, 15) is 9.59 Å². The van der Waals surface area contributed by atoms with Crippen molar-refractivity contribution in [3.8, 4) is 11.5 Å². The van der Waals surface area contributed by atoms with Crippen LogP contribution in [-0.4, -0.2) is 26.0 Å². The monoisotopic (exact) mass is 514 g/mol. The molecule has 1 aliphatic rings. The van der Waals surface area contributed by atoms with Gasteiger partial charge in [-0.05, 0) is 61.0 Å². The van der Waals surface area contributed by atoms with Crippen LogP contribution in [0.25, 0.3) is 0 Å². The Morgan fingerprint density at radius 1 is 0.882 bits per heavy atom. The van der Waals surface area contributed by atoms with Crippen LogP contribution in [0.15, 0.2) is 76.2 Å². The van der Waals surface area contributed by atoms with Gasteiger partial charge in [0.25, 0.3) is 11.8 Å². The summed E-state index contributed by atoms with van der Waals surface area (Å²) in [4.78, 5) is 29.2. The van der Waals surface area contributed by atoms with Gasteiger partial charge in [-0.2, -0.15) is 0 Å². The van der Waals surface area contributed by atoms with E-state index in [1.807, 2.05) is 6.92 Å². The molecule has 4 rings (SSSR count). The van der Waals surface area contributed by atoms with E-state index in [4.69, 9.17) is 32.7 Å². The van der Waals surface area contributed by atoms with Gasteiger partial charge in [0.05, 0.1) is 25.6 Å². The number of imide groups is 1. The Hall–Kier alpha value is -3.13. The van der Waals surface area contributed by atoms with E-state index >= 15 is 0 Å². The summed E-state index contributed by atoms with van der Waals surface area (Å²) in [6.45, 7) is 1.85. The molecule has 34 heavy (non-hydrogen) atoms. The van der Waals surface area contributed by atoms with Crippen molar-refractivity contribution in [3.05, 3.63) is 86.9 Å². The van der Waals surface area contributed by atoms with Crippen LogP contribution in [-0.2, 0) is 9.59 Å². The van der Waals surface area contributed by atoms with Crippen LogP contribution in [0.5, 0.6) is 11.5 Å². The number of ether oxygens (including phenoxy) is 2. The average Bonchev–Trinajstić information content (AvgIpc) is 3.06. The van der Waals surface area contributed by atoms with E-state index in [0.717, 1.165) is 15.4 Å². The lowest BCUT2D eigenvalue weighted by Gasteiger charge is -2.17. The topological polar surface area (TPSA) is 67.9 Å². The first-order chi connectivity index (χ1) is 16.3. The molecule has 0 bridgehead atoms. The fraction of sp³-hybridized carbons (Fsp3) is 0.120. The number of rotatable bonds is 7. The van der Waals surface area contributed by atoms with Crippen molar-refractivity contribution in [3.63, 3.8) is 0 Å². The number of hydrogen-bond donors (Lipinski definition) is 1. The van der Waals surface area contributed by atoms with Crippen molar-refractivity contribution in [2.75, 3.05) is 24.4 Å². The molecule has 0 fully saturated rings. The second kappa shape index (κ2) is 10.0. The Bertz CT molecular complexity index is 1310. The zero-order valence-electron chi connectivity index (χ0n) is 18.5. The van der Waals surface area contributed by atoms with Crippen LogP contribution in [0.3, 0.4) is 0 Å². The van der Waals surface area contributed by atoms with Crippen LogP contribution in [0.2, 0.25) is 10.0 Å². The number of carbonyl (C=O) groups is 2. The minimum Gasteiger partial charge on any atom is -0.497 e. The van der Waals surface area contributed by atoms with Crippen LogP contribution >= 0.6 is 35.0 Å². The first-order valence-corrected chi connectivity index (χ1v) is 11.7. The normalized spacial score (nSPS) is 13.5. The molecule has 3 aromatic rings. The van der Waals surface area contributed by atoms with Gasteiger partial charge in [-0.25, -0.2) is 4.90 Å². The summed E-state index contributed by atoms with van der Waals surface area (Å²) in [6.07, 6.45) is 0. The third-order valence-electron chi connectivity index (χ3n) is 5.15. The van der Waals surface area contributed by atoms with Gasteiger partial charge in [0.2, 0.25) is 0 Å². The first-order valence-electron chi connectivity index (χ1n) is 10.1. The predicted molar refractivity (Wildman–Crippen MR) is 136 cm³/mol. The van der Waals surface area contributed by atoms with Crippen LogP contribution < -0.4 is 19.7 Å². The minimum absolute atomic E-state index is 0.119. The van der Waals surface area contributed by atoms with Crippen molar-refractivity contribution in [1.29, 1.82) is 0 Å². The van der Waals surface area contributed by atoms with E-state index in [2.05, 4.69) is 5.32 Å². The van der Waals surface area contributed by atoms with E-state index in [1.165, 1.54) is 18.9 Å². The Morgan fingerprint density at radius 3 is 2.26 bits per heavy atom. The van der Waals surface area contributed by atoms with Crippen molar-refractivity contribution in [1.82, 2.24) is 0 Å². The Labute approximate surface area is 211 Å². The summed E-state index contributed by atoms with van der Waals surface area (Å²) >= 11 is 13.5. The zero-order chi connectivity index (χ0) is 24.4. The van der Waals surface area contributed by atoms with Crippen LogP contribution in [0.1, 0.15) is 5.56 Å². The maximum atomic E-state index is 13.6. The summed E-state index contributed by atoms with van der Waals surface area (Å²) in [6, 6.07) is 17.2. The number of methoxy groups -OCH3 is 2. The predicted octanol–water partition coefficient (Wildman–Crippen LogP) is 6.31. The molecule has 3 aromatic carbocycles. The molecule has 0 saturated heterocycles. The average molecular weight is 515 g/mol. The maximum Gasteiger partial charge on any atom is 0.283 e. The van der Waals surface area contributed by atoms with E-state index in [0.29, 0.717) is 32.9 Å². The molecule has 2 amide bonds. The lowest BCUT2D eigenvalue weighted by Crippen LogP contribution is -2.32. The third kappa shape index (κ3) is 4.73. The van der Waals surface area contributed by atoms with Crippen molar-refractivity contribution < 1.29 is 19.1 Å². The summed E-state index contributed by atoms with van der Waals surface area (Å²) in [5.41, 5.74) is 1.83. The number of hydrogen-bond acceptors (Lipinski definition) is 6. The number of benzene rings is 3. The Balaban J connectivity index is 1.79. The van der Waals surface area contributed by atoms with Crippen molar-refractivity contribution >= 4 is 58.2 Å². The van der Waals surface area contributed by atoms with Gasteiger partial charge in [0.1, 0.15) is 22.1 Å². The van der Waals surface area contributed by atoms with Crippen LogP contribution in [0, 0.1) is 6.92 Å². The van der Waals surface area contributed by atoms with Crippen LogP contribution in [0.4, 0.5) is 11.4 Å². The molecule has 0 atom stereocenters. The lowest BCUT2D eigenvalue weighted by molar-refractivity contribution is -0.120. The number of aryl methyl sites for hydroxylation is 1. The second-order valence-electron chi connectivity index (χ2n) is 7.33. The molecule has 0 aliphatic carbocycles. The molecule has 0 saturated carbocycles. The van der Waals surface area contributed by atoms with E-state index in [-0.39, 0.29) is 10.6 Å². The van der Waals surface area contributed by atoms with Gasteiger partial charge in [-0.15, -0.1) is 0 Å². The molecule has 0 aromatic heterocycles. The molecule has 0 radical (unpaired) electrons. The number of nitrogens with one attached hydrogen (secondary N) is 1. The summed E-state index contributed by atoms with van der Waals surface area (Å²) in [5.74, 6) is 0.0801. The highest BCUT2D eigenvalue weighted by molar-refractivity contribution is 8.04. The molecule has 9 heteroatoms. The molecular formula is C25H20Cl2N2O4S. The Kier molecular flexibility index (Phi) is 7.07. The van der Waals surface area contributed by atoms with Crippen molar-refractivity contribution in [2.45, 2.75) is 11.8 Å².